The molecule has 1 aliphatic rings. The van der Waals surface area contributed by atoms with E-state index in [9.17, 15) is 4.79 Å². The summed E-state index contributed by atoms with van der Waals surface area (Å²) in [5, 5.41) is 13.7. The van der Waals surface area contributed by atoms with Crippen molar-refractivity contribution in [3.63, 3.8) is 0 Å². The van der Waals surface area contributed by atoms with Gasteiger partial charge in [-0.15, -0.1) is 0 Å². The molecule has 0 aromatic heterocycles. The molecule has 0 saturated heterocycles. The summed E-state index contributed by atoms with van der Waals surface area (Å²) in [5.41, 5.74) is 0.515. The minimum absolute atomic E-state index is 0.133. The van der Waals surface area contributed by atoms with Crippen LogP contribution in [-0.4, -0.2) is 11.5 Å². The van der Waals surface area contributed by atoms with Crippen molar-refractivity contribution in [2.75, 3.05) is 0 Å². The van der Waals surface area contributed by atoms with Crippen LogP contribution in [0.5, 0.6) is 0 Å². The summed E-state index contributed by atoms with van der Waals surface area (Å²) in [4.78, 5) is 12.6. The number of rotatable bonds is 10. The maximum absolute atomic E-state index is 12.6. The van der Waals surface area contributed by atoms with E-state index in [4.69, 9.17) is 12.0 Å². The number of benzene rings is 3. The van der Waals surface area contributed by atoms with E-state index in [0.717, 1.165) is 24.6 Å². The van der Waals surface area contributed by atoms with Crippen LogP contribution in [0.3, 0.4) is 0 Å². The van der Waals surface area contributed by atoms with Crippen LogP contribution < -0.4 is 15.9 Å². The van der Waals surface area contributed by atoms with Gasteiger partial charge in [0.2, 0.25) is 0 Å². The molecule has 1 atom stereocenters. The van der Waals surface area contributed by atoms with Crippen LogP contribution in [0, 0.1) is 17.2 Å². The van der Waals surface area contributed by atoms with Gasteiger partial charge in [-0.2, -0.15) is 0 Å². The van der Waals surface area contributed by atoms with Gasteiger partial charge in [0.25, 0.3) is 0 Å². The first-order chi connectivity index (χ1) is 15.6. The Kier molecular flexibility index (Phi) is 6.82. The lowest BCUT2D eigenvalue weighted by Crippen LogP contribution is -2.35. The van der Waals surface area contributed by atoms with E-state index >= 15 is 0 Å². The molecule has 1 saturated carbocycles. The number of carbonyl (C=O) groups excluding carboxylic acids is 1. The standard InChI is InChI=1S/C29H31NOP/c1-3-27(28(30)21-29(31)23-19-20-23)22(2)32(24-13-7-4-8-14-24,25-15-9-5-10-16-25)26-17-11-6-12-18-26/h4-18,23,27,30H,2-3,19-21H2,1H3/q+1. The zero-order valence-corrected chi connectivity index (χ0v) is 19.6. The highest BCUT2D eigenvalue weighted by molar-refractivity contribution is 7.99. The van der Waals surface area contributed by atoms with Crippen molar-refractivity contribution < 1.29 is 4.79 Å². The number of hydrogen-bond donors (Lipinski definition) is 1. The fraction of sp³-hybridized carbons (Fsp3) is 0.241. The Bertz CT molecular complexity index is 991. The number of carbonyl (C=O) groups is 1. The molecule has 0 amide bonds. The number of Topliss-reactive ketones (excluding diaryl/α,β-unsaturated/α-hetero) is 1. The molecular weight excluding hydrogens is 409 g/mol. The second kappa shape index (κ2) is 9.76. The zero-order chi connectivity index (χ0) is 22.6. The molecule has 1 unspecified atom stereocenters. The molecule has 4 rings (SSSR count). The number of ketones is 1. The zero-order valence-electron chi connectivity index (χ0n) is 18.7. The molecular formula is C29H31NOP+. The van der Waals surface area contributed by atoms with Crippen LogP contribution in [0.25, 0.3) is 0 Å². The third-order valence-corrected chi connectivity index (χ3v) is 10.9. The van der Waals surface area contributed by atoms with Crippen LogP contribution in [0.4, 0.5) is 0 Å². The average molecular weight is 441 g/mol. The molecule has 0 bridgehead atoms. The van der Waals surface area contributed by atoms with E-state index in [2.05, 4.69) is 79.7 Å². The smallest absolute Gasteiger partial charge is 0.141 e. The van der Waals surface area contributed by atoms with Gasteiger partial charge in [0.1, 0.15) is 29.0 Å². The van der Waals surface area contributed by atoms with E-state index in [1.165, 1.54) is 15.9 Å². The van der Waals surface area contributed by atoms with Crippen LogP contribution in [0.2, 0.25) is 0 Å². The fourth-order valence-corrected chi connectivity index (χ4v) is 9.23. The summed E-state index contributed by atoms with van der Waals surface area (Å²) in [7, 11) is -2.27. The summed E-state index contributed by atoms with van der Waals surface area (Å²) in [6, 6.07) is 31.9. The summed E-state index contributed by atoms with van der Waals surface area (Å²) in [6.07, 6.45) is 2.99. The van der Waals surface area contributed by atoms with Gasteiger partial charge in [-0.3, -0.25) is 4.79 Å². The number of allylic oxidation sites excluding steroid dienone is 1. The van der Waals surface area contributed by atoms with Gasteiger partial charge in [-0.05, 0) is 55.7 Å². The highest BCUT2D eigenvalue weighted by atomic mass is 31.2. The molecule has 162 valence electrons. The molecule has 3 aromatic rings. The first-order valence-electron chi connectivity index (χ1n) is 11.4. The quantitative estimate of drug-likeness (QED) is 0.309. The first kappa shape index (κ1) is 22.4. The van der Waals surface area contributed by atoms with Crippen molar-refractivity contribution in [1.82, 2.24) is 0 Å². The predicted octanol–water partition coefficient (Wildman–Crippen LogP) is 5.91. The Balaban J connectivity index is 1.89. The van der Waals surface area contributed by atoms with Crippen molar-refractivity contribution in [3.05, 3.63) is 103 Å². The summed E-state index contributed by atoms with van der Waals surface area (Å²) >= 11 is 0. The third kappa shape index (κ3) is 4.25. The van der Waals surface area contributed by atoms with E-state index in [1.54, 1.807) is 0 Å². The lowest BCUT2D eigenvalue weighted by atomic mass is 9.95. The lowest BCUT2D eigenvalue weighted by molar-refractivity contribution is -0.119. The summed E-state index contributed by atoms with van der Waals surface area (Å²) in [6.45, 7) is 6.83. The van der Waals surface area contributed by atoms with Gasteiger partial charge in [0.05, 0.1) is 11.2 Å². The molecule has 3 aromatic carbocycles. The second-order valence-electron chi connectivity index (χ2n) is 8.57. The minimum atomic E-state index is -2.27. The molecule has 3 heteroatoms. The van der Waals surface area contributed by atoms with Crippen LogP contribution >= 0.6 is 7.26 Å². The van der Waals surface area contributed by atoms with E-state index in [0.29, 0.717) is 5.71 Å². The summed E-state index contributed by atoms with van der Waals surface area (Å²) in [5.74, 6) is 0.272. The van der Waals surface area contributed by atoms with Gasteiger partial charge < -0.3 is 5.41 Å². The highest BCUT2D eigenvalue weighted by Gasteiger charge is 2.51. The van der Waals surface area contributed by atoms with E-state index in [-0.39, 0.29) is 24.0 Å². The number of nitrogens with one attached hydrogen (secondary N) is 1. The predicted molar refractivity (Wildman–Crippen MR) is 138 cm³/mol. The van der Waals surface area contributed by atoms with Gasteiger partial charge in [0, 0.05) is 18.1 Å². The Morgan fingerprint density at radius 2 is 1.28 bits per heavy atom. The van der Waals surface area contributed by atoms with Crippen molar-refractivity contribution in [2.45, 2.75) is 32.6 Å². The monoisotopic (exact) mass is 440 g/mol. The largest absolute Gasteiger partial charge is 0.308 e. The van der Waals surface area contributed by atoms with Crippen molar-refractivity contribution in [2.24, 2.45) is 11.8 Å². The van der Waals surface area contributed by atoms with Crippen molar-refractivity contribution in [1.29, 1.82) is 5.41 Å². The van der Waals surface area contributed by atoms with Crippen molar-refractivity contribution >= 4 is 34.7 Å². The van der Waals surface area contributed by atoms with E-state index < -0.39 is 7.26 Å². The van der Waals surface area contributed by atoms with E-state index in [1.807, 2.05) is 18.2 Å². The first-order valence-corrected chi connectivity index (χ1v) is 13.2. The highest BCUT2D eigenvalue weighted by Crippen LogP contribution is 2.64. The van der Waals surface area contributed by atoms with Crippen LogP contribution in [-0.2, 0) is 4.79 Å². The minimum Gasteiger partial charge on any atom is -0.308 e. The maximum Gasteiger partial charge on any atom is 0.141 e. The molecule has 0 heterocycles. The molecule has 0 spiro atoms. The molecule has 1 fully saturated rings. The molecule has 32 heavy (non-hydrogen) atoms. The second-order valence-corrected chi connectivity index (χ2v) is 12.0. The number of hydrogen-bond acceptors (Lipinski definition) is 2. The fourth-order valence-electron chi connectivity index (χ4n) is 4.68. The summed E-state index contributed by atoms with van der Waals surface area (Å²) < 4.78 is 0. The van der Waals surface area contributed by atoms with Gasteiger partial charge in [-0.1, -0.05) is 68.1 Å². The van der Waals surface area contributed by atoms with Crippen LogP contribution in [0.15, 0.2) is 103 Å². The molecule has 0 radical (unpaired) electrons. The van der Waals surface area contributed by atoms with Crippen molar-refractivity contribution in [3.8, 4) is 0 Å². The third-order valence-electron chi connectivity index (χ3n) is 6.49. The van der Waals surface area contributed by atoms with Gasteiger partial charge in [0.15, 0.2) is 0 Å². The molecule has 2 nitrogen and oxygen atoms in total. The van der Waals surface area contributed by atoms with Gasteiger partial charge >= 0.3 is 0 Å². The molecule has 1 aliphatic carbocycles. The molecule has 0 aliphatic heterocycles. The Hall–Kier alpha value is -2.83. The Morgan fingerprint density at radius 1 is 0.875 bits per heavy atom. The lowest BCUT2D eigenvalue weighted by Gasteiger charge is -2.32. The van der Waals surface area contributed by atoms with Crippen LogP contribution in [0.1, 0.15) is 32.6 Å². The Morgan fingerprint density at radius 3 is 1.62 bits per heavy atom. The Labute approximate surface area is 192 Å². The average Bonchev–Trinajstić information content (AvgIpc) is 3.68. The SMILES string of the molecule is C=C(C(CC)C(=N)CC(=O)C1CC1)[P+](c1ccccc1)(c1ccccc1)c1ccccc1. The van der Waals surface area contributed by atoms with Gasteiger partial charge in [-0.25, -0.2) is 0 Å². The molecule has 1 N–H and O–H groups in total. The maximum atomic E-state index is 12.6. The normalized spacial score (nSPS) is 14.5. The topological polar surface area (TPSA) is 40.9 Å².